The Morgan fingerprint density at radius 2 is 1.94 bits per heavy atom. The van der Waals surface area contributed by atoms with E-state index >= 15 is 0 Å². The lowest BCUT2D eigenvalue weighted by Crippen LogP contribution is -2.16. The Morgan fingerprint density at radius 1 is 1.12 bits per heavy atom. The van der Waals surface area contributed by atoms with Gasteiger partial charge in [-0.05, 0) is 49.4 Å². The summed E-state index contributed by atoms with van der Waals surface area (Å²) in [5.41, 5.74) is 3.19. The molecule has 0 saturated heterocycles. The summed E-state index contributed by atoms with van der Waals surface area (Å²) in [5, 5.41) is 18.5. The van der Waals surface area contributed by atoms with Crippen LogP contribution in [-0.2, 0) is 6.42 Å². The molecule has 3 aromatic heterocycles. The fourth-order valence-electron chi connectivity index (χ4n) is 4.14. The van der Waals surface area contributed by atoms with E-state index < -0.39 is 17.7 Å². The lowest BCUT2D eigenvalue weighted by molar-refractivity contribution is 0.169. The van der Waals surface area contributed by atoms with E-state index in [9.17, 15) is 13.9 Å². The van der Waals surface area contributed by atoms with Crippen molar-refractivity contribution < 1.29 is 18.3 Å². The van der Waals surface area contributed by atoms with Crippen LogP contribution in [0.15, 0.2) is 47.3 Å². The van der Waals surface area contributed by atoms with Crippen LogP contribution in [0.3, 0.4) is 0 Å². The minimum atomic E-state index is -0.701. The number of aliphatic hydroxyl groups is 1. The van der Waals surface area contributed by atoms with Crippen molar-refractivity contribution in [1.82, 2.24) is 25.1 Å². The van der Waals surface area contributed by atoms with Gasteiger partial charge in [0.15, 0.2) is 0 Å². The van der Waals surface area contributed by atoms with E-state index in [4.69, 9.17) is 4.42 Å². The standard InChI is InChI=1S/C24H21F2N5O2/c1-2-21(32)20-12-33-24(29-20)19-11-27-10-18(28-19)14-6-3-5-13-9-17(30-31-23(13)14)22-15(25)7-4-8-16(22)26/h4,7-12,14,21,32H,2-3,5-6H2,1H3/t14?,21-/m1/s1. The van der Waals surface area contributed by atoms with E-state index in [1.807, 2.05) is 6.92 Å². The highest BCUT2D eigenvalue weighted by molar-refractivity contribution is 5.61. The van der Waals surface area contributed by atoms with E-state index in [0.29, 0.717) is 23.5 Å². The molecule has 0 aliphatic heterocycles. The van der Waals surface area contributed by atoms with Crippen LogP contribution in [-0.4, -0.2) is 30.3 Å². The van der Waals surface area contributed by atoms with Gasteiger partial charge in [-0.3, -0.25) is 4.98 Å². The molecule has 3 heterocycles. The van der Waals surface area contributed by atoms with Gasteiger partial charge in [-0.15, -0.1) is 0 Å². The van der Waals surface area contributed by atoms with Crippen LogP contribution >= 0.6 is 0 Å². The molecule has 0 spiro atoms. The molecule has 0 fully saturated rings. The SMILES string of the molecule is CC[C@@H](O)c1coc(-c2cncc(C3CCCc4cc(-c5c(F)cccc5F)nnc43)n2)n1. The number of hydrogen-bond acceptors (Lipinski definition) is 7. The minimum absolute atomic E-state index is 0.163. The van der Waals surface area contributed by atoms with Crippen molar-refractivity contribution in [2.45, 2.75) is 44.6 Å². The Bertz CT molecular complexity index is 1290. The third-order valence-corrected chi connectivity index (χ3v) is 5.87. The summed E-state index contributed by atoms with van der Waals surface area (Å²) >= 11 is 0. The molecule has 33 heavy (non-hydrogen) atoms. The van der Waals surface area contributed by atoms with Gasteiger partial charge in [0, 0.05) is 12.1 Å². The number of benzene rings is 1. The largest absolute Gasteiger partial charge is 0.443 e. The van der Waals surface area contributed by atoms with E-state index in [2.05, 4.69) is 25.1 Å². The zero-order valence-corrected chi connectivity index (χ0v) is 17.9. The first-order chi connectivity index (χ1) is 16.0. The Labute approximate surface area is 188 Å². The summed E-state index contributed by atoms with van der Waals surface area (Å²) < 4.78 is 34.0. The maximum absolute atomic E-state index is 14.2. The molecule has 0 bridgehead atoms. The van der Waals surface area contributed by atoms with Crippen LogP contribution in [0.4, 0.5) is 8.78 Å². The van der Waals surface area contributed by atoms with Gasteiger partial charge in [-0.2, -0.15) is 10.2 Å². The van der Waals surface area contributed by atoms with E-state index in [-0.39, 0.29) is 23.1 Å². The predicted molar refractivity (Wildman–Crippen MR) is 115 cm³/mol. The number of halogens is 2. The highest BCUT2D eigenvalue weighted by atomic mass is 19.1. The second-order valence-electron chi connectivity index (χ2n) is 8.01. The first-order valence-corrected chi connectivity index (χ1v) is 10.8. The van der Waals surface area contributed by atoms with Gasteiger partial charge in [0.25, 0.3) is 0 Å². The molecule has 0 radical (unpaired) electrons. The van der Waals surface area contributed by atoms with Crippen LogP contribution in [0.2, 0.25) is 0 Å². The van der Waals surface area contributed by atoms with Crippen LogP contribution in [0.1, 0.15) is 60.9 Å². The number of aromatic nitrogens is 5. The summed E-state index contributed by atoms with van der Waals surface area (Å²) in [5.74, 6) is -1.23. The molecule has 0 amide bonds. The topological polar surface area (TPSA) is 97.8 Å². The van der Waals surface area contributed by atoms with Gasteiger partial charge in [-0.1, -0.05) is 13.0 Å². The molecule has 1 aliphatic rings. The Balaban J connectivity index is 1.49. The summed E-state index contributed by atoms with van der Waals surface area (Å²) in [4.78, 5) is 13.3. The average molecular weight is 449 g/mol. The van der Waals surface area contributed by atoms with Crippen molar-refractivity contribution >= 4 is 0 Å². The zero-order valence-electron chi connectivity index (χ0n) is 17.9. The van der Waals surface area contributed by atoms with Crippen molar-refractivity contribution in [2.75, 3.05) is 0 Å². The number of nitrogens with zero attached hydrogens (tertiary/aromatic N) is 5. The van der Waals surface area contributed by atoms with Crippen LogP contribution < -0.4 is 0 Å². The normalized spacial score (nSPS) is 16.4. The van der Waals surface area contributed by atoms with Gasteiger partial charge in [0.05, 0.1) is 34.9 Å². The molecule has 1 unspecified atom stereocenters. The van der Waals surface area contributed by atoms with Gasteiger partial charge >= 0.3 is 0 Å². The molecule has 168 valence electrons. The smallest absolute Gasteiger partial charge is 0.247 e. The van der Waals surface area contributed by atoms with E-state index in [1.54, 1.807) is 18.5 Å². The molecule has 9 heteroatoms. The van der Waals surface area contributed by atoms with E-state index in [0.717, 1.165) is 30.5 Å². The van der Waals surface area contributed by atoms with Crippen LogP contribution in [0.25, 0.3) is 22.8 Å². The highest BCUT2D eigenvalue weighted by Crippen LogP contribution is 2.36. The number of oxazole rings is 1. The van der Waals surface area contributed by atoms with Gasteiger partial charge < -0.3 is 9.52 Å². The molecule has 2 atom stereocenters. The predicted octanol–water partition coefficient (Wildman–Crippen LogP) is 4.78. The van der Waals surface area contributed by atoms with Crippen molar-refractivity contribution in [3.05, 3.63) is 77.2 Å². The minimum Gasteiger partial charge on any atom is -0.443 e. The fraction of sp³-hybridized carbons (Fsp3) is 0.292. The van der Waals surface area contributed by atoms with Gasteiger partial charge in [0.1, 0.15) is 29.3 Å². The summed E-state index contributed by atoms with van der Waals surface area (Å²) in [6.07, 6.45) is 6.84. The quantitative estimate of drug-likeness (QED) is 0.468. The van der Waals surface area contributed by atoms with E-state index in [1.165, 1.54) is 24.5 Å². The number of aliphatic hydroxyl groups excluding tert-OH is 1. The number of hydrogen-bond donors (Lipinski definition) is 1. The summed E-state index contributed by atoms with van der Waals surface area (Å²) in [6, 6.07) is 5.44. The number of fused-ring (bicyclic) bond motifs is 1. The molecule has 5 rings (SSSR count). The third-order valence-electron chi connectivity index (χ3n) is 5.87. The lowest BCUT2D eigenvalue weighted by atomic mass is 9.84. The second kappa shape index (κ2) is 8.74. The molecule has 0 saturated carbocycles. The maximum atomic E-state index is 14.2. The molecule has 1 aliphatic carbocycles. The third kappa shape index (κ3) is 4.00. The molecular weight excluding hydrogens is 428 g/mol. The number of rotatable bonds is 5. The molecule has 7 nitrogen and oxygen atoms in total. The highest BCUT2D eigenvalue weighted by Gasteiger charge is 2.27. The monoisotopic (exact) mass is 449 g/mol. The summed E-state index contributed by atoms with van der Waals surface area (Å²) in [7, 11) is 0. The Hall–Kier alpha value is -3.59. The first-order valence-electron chi connectivity index (χ1n) is 10.8. The van der Waals surface area contributed by atoms with Crippen LogP contribution in [0, 0.1) is 11.6 Å². The Kier molecular flexibility index (Phi) is 5.63. The maximum Gasteiger partial charge on any atom is 0.247 e. The molecular formula is C24H21F2N5O2. The summed E-state index contributed by atoms with van der Waals surface area (Å²) in [6.45, 7) is 1.85. The van der Waals surface area contributed by atoms with Gasteiger partial charge in [0.2, 0.25) is 5.89 Å². The van der Waals surface area contributed by atoms with Crippen molar-refractivity contribution in [2.24, 2.45) is 0 Å². The van der Waals surface area contributed by atoms with Crippen LogP contribution in [0.5, 0.6) is 0 Å². The fourth-order valence-corrected chi connectivity index (χ4v) is 4.14. The van der Waals surface area contributed by atoms with Crippen molar-refractivity contribution in [3.63, 3.8) is 0 Å². The first kappa shape index (κ1) is 21.3. The zero-order chi connectivity index (χ0) is 22.9. The number of aryl methyl sites for hydroxylation is 1. The molecule has 4 aromatic rings. The average Bonchev–Trinajstić information content (AvgIpc) is 3.33. The van der Waals surface area contributed by atoms with Crippen molar-refractivity contribution in [1.29, 1.82) is 0 Å². The molecule has 1 aromatic carbocycles. The second-order valence-corrected chi connectivity index (χ2v) is 8.01. The van der Waals surface area contributed by atoms with Gasteiger partial charge in [-0.25, -0.2) is 18.7 Å². The van der Waals surface area contributed by atoms with Crippen molar-refractivity contribution in [3.8, 4) is 22.8 Å². The lowest BCUT2D eigenvalue weighted by Gasteiger charge is -2.23. The Morgan fingerprint density at radius 3 is 2.73 bits per heavy atom. The molecule has 1 N–H and O–H groups in total.